The summed E-state index contributed by atoms with van der Waals surface area (Å²) in [6.45, 7) is 6.42. The van der Waals surface area contributed by atoms with Crippen LogP contribution in [0.3, 0.4) is 0 Å². The molecule has 2 atom stereocenters. The Hall–Kier alpha value is -0.570. The third-order valence-electron chi connectivity index (χ3n) is 5.05. The number of aliphatic carboxylic acids is 1. The molecular weight excluding hydrogens is 226 g/mol. The largest absolute Gasteiger partial charge is 0.481 e. The molecule has 2 fully saturated rings. The van der Waals surface area contributed by atoms with Gasteiger partial charge < -0.3 is 5.11 Å². The highest BCUT2D eigenvalue weighted by Gasteiger charge is 2.42. The SMILES string of the molecule is CC1CCN(CC2(C(=O)O)CCCCC2)C(C)C1. The number of carboxylic acids is 1. The van der Waals surface area contributed by atoms with Crippen LogP contribution in [0.25, 0.3) is 0 Å². The van der Waals surface area contributed by atoms with Crippen molar-refractivity contribution in [2.24, 2.45) is 11.3 Å². The molecule has 1 saturated heterocycles. The van der Waals surface area contributed by atoms with Gasteiger partial charge in [-0.2, -0.15) is 0 Å². The number of hydrogen-bond donors (Lipinski definition) is 1. The zero-order valence-electron chi connectivity index (χ0n) is 11.8. The second-order valence-corrected chi connectivity index (χ2v) is 6.60. The Morgan fingerprint density at radius 1 is 1.28 bits per heavy atom. The molecule has 1 aliphatic heterocycles. The lowest BCUT2D eigenvalue weighted by molar-refractivity contribution is -0.153. The molecule has 1 saturated carbocycles. The van der Waals surface area contributed by atoms with Crippen LogP contribution < -0.4 is 0 Å². The maximum atomic E-state index is 11.7. The Morgan fingerprint density at radius 2 is 1.94 bits per heavy atom. The molecule has 0 bridgehead atoms. The van der Waals surface area contributed by atoms with Gasteiger partial charge in [0.25, 0.3) is 0 Å². The normalized spacial score (nSPS) is 33.2. The van der Waals surface area contributed by atoms with Crippen LogP contribution in [-0.4, -0.2) is 35.1 Å². The Labute approximate surface area is 111 Å². The quantitative estimate of drug-likeness (QED) is 0.840. The second-order valence-electron chi connectivity index (χ2n) is 6.60. The summed E-state index contributed by atoms with van der Waals surface area (Å²) < 4.78 is 0. The van der Waals surface area contributed by atoms with E-state index in [-0.39, 0.29) is 0 Å². The Balaban J connectivity index is 2.02. The van der Waals surface area contributed by atoms with Crippen molar-refractivity contribution in [3.05, 3.63) is 0 Å². The maximum Gasteiger partial charge on any atom is 0.310 e. The number of rotatable bonds is 3. The molecule has 0 spiro atoms. The van der Waals surface area contributed by atoms with Gasteiger partial charge in [0, 0.05) is 12.6 Å². The first-order valence-electron chi connectivity index (χ1n) is 7.51. The van der Waals surface area contributed by atoms with E-state index in [0.717, 1.165) is 44.7 Å². The van der Waals surface area contributed by atoms with Gasteiger partial charge in [-0.3, -0.25) is 9.69 Å². The summed E-state index contributed by atoms with van der Waals surface area (Å²) in [7, 11) is 0. The zero-order chi connectivity index (χ0) is 13.2. The Bertz CT molecular complexity index is 297. The molecule has 1 heterocycles. The van der Waals surface area contributed by atoms with E-state index in [2.05, 4.69) is 18.7 Å². The van der Waals surface area contributed by atoms with Crippen LogP contribution in [0.5, 0.6) is 0 Å². The van der Waals surface area contributed by atoms with E-state index in [4.69, 9.17) is 0 Å². The summed E-state index contributed by atoms with van der Waals surface area (Å²) in [4.78, 5) is 14.1. The molecule has 104 valence electrons. The number of nitrogens with zero attached hydrogens (tertiary/aromatic N) is 1. The molecule has 1 aliphatic carbocycles. The maximum absolute atomic E-state index is 11.7. The van der Waals surface area contributed by atoms with Gasteiger partial charge >= 0.3 is 5.97 Å². The van der Waals surface area contributed by atoms with Crippen molar-refractivity contribution < 1.29 is 9.90 Å². The molecule has 2 rings (SSSR count). The molecule has 0 aromatic rings. The van der Waals surface area contributed by atoms with E-state index in [0.29, 0.717) is 6.04 Å². The smallest absolute Gasteiger partial charge is 0.310 e. The molecule has 2 aliphatic rings. The summed E-state index contributed by atoms with van der Waals surface area (Å²) >= 11 is 0. The van der Waals surface area contributed by atoms with Crippen LogP contribution in [0.2, 0.25) is 0 Å². The van der Waals surface area contributed by atoms with Crippen LogP contribution >= 0.6 is 0 Å². The van der Waals surface area contributed by atoms with E-state index in [1.165, 1.54) is 19.3 Å². The molecule has 3 heteroatoms. The molecule has 0 aromatic carbocycles. The van der Waals surface area contributed by atoms with Crippen molar-refractivity contribution in [1.29, 1.82) is 0 Å². The van der Waals surface area contributed by atoms with Crippen molar-refractivity contribution in [1.82, 2.24) is 4.90 Å². The third kappa shape index (κ3) is 2.87. The molecular formula is C15H27NO2. The minimum atomic E-state index is -0.562. The number of likely N-dealkylation sites (tertiary alicyclic amines) is 1. The van der Waals surface area contributed by atoms with Crippen LogP contribution in [0.1, 0.15) is 58.8 Å². The van der Waals surface area contributed by atoms with Gasteiger partial charge in [-0.15, -0.1) is 0 Å². The average Bonchev–Trinajstić information content (AvgIpc) is 2.34. The fourth-order valence-corrected chi connectivity index (χ4v) is 3.75. The van der Waals surface area contributed by atoms with Crippen molar-refractivity contribution in [2.45, 2.75) is 64.8 Å². The predicted octanol–water partition coefficient (Wildman–Crippen LogP) is 3.14. The molecule has 0 amide bonds. The lowest BCUT2D eigenvalue weighted by atomic mass is 9.73. The van der Waals surface area contributed by atoms with E-state index in [1.54, 1.807) is 0 Å². The summed E-state index contributed by atoms with van der Waals surface area (Å²) in [5.41, 5.74) is -0.451. The molecule has 1 N–H and O–H groups in total. The van der Waals surface area contributed by atoms with Crippen LogP contribution in [-0.2, 0) is 4.79 Å². The van der Waals surface area contributed by atoms with E-state index in [9.17, 15) is 9.90 Å². The summed E-state index contributed by atoms with van der Waals surface area (Å²) in [6.07, 6.45) is 7.58. The Morgan fingerprint density at radius 3 is 2.50 bits per heavy atom. The highest BCUT2D eigenvalue weighted by Crippen LogP contribution is 2.38. The second kappa shape index (κ2) is 5.60. The van der Waals surface area contributed by atoms with E-state index < -0.39 is 11.4 Å². The topological polar surface area (TPSA) is 40.5 Å². The van der Waals surface area contributed by atoms with Gasteiger partial charge in [-0.1, -0.05) is 26.2 Å². The molecule has 0 radical (unpaired) electrons. The van der Waals surface area contributed by atoms with Crippen molar-refractivity contribution in [3.63, 3.8) is 0 Å². The van der Waals surface area contributed by atoms with Gasteiger partial charge in [0.05, 0.1) is 5.41 Å². The van der Waals surface area contributed by atoms with Crippen molar-refractivity contribution in [3.8, 4) is 0 Å². The molecule has 2 unspecified atom stereocenters. The van der Waals surface area contributed by atoms with Gasteiger partial charge in [0.1, 0.15) is 0 Å². The van der Waals surface area contributed by atoms with E-state index >= 15 is 0 Å². The molecule has 0 aromatic heterocycles. The van der Waals surface area contributed by atoms with Crippen LogP contribution in [0.15, 0.2) is 0 Å². The van der Waals surface area contributed by atoms with Gasteiger partial charge in [0.15, 0.2) is 0 Å². The highest BCUT2D eigenvalue weighted by molar-refractivity contribution is 5.75. The Kier molecular flexibility index (Phi) is 4.31. The minimum Gasteiger partial charge on any atom is -0.481 e. The standard InChI is InChI=1S/C15H27NO2/c1-12-6-9-16(13(2)10-12)11-15(14(17)18)7-4-3-5-8-15/h12-13H,3-11H2,1-2H3,(H,17,18). The first-order chi connectivity index (χ1) is 8.53. The van der Waals surface area contributed by atoms with Gasteiger partial charge in [-0.05, 0) is 45.1 Å². The first-order valence-corrected chi connectivity index (χ1v) is 7.51. The lowest BCUT2D eigenvalue weighted by Gasteiger charge is -2.43. The van der Waals surface area contributed by atoms with Crippen molar-refractivity contribution in [2.75, 3.05) is 13.1 Å². The average molecular weight is 253 g/mol. The number of carboxylic acid groups (broad SMARTS) is 1. The van der Waals surface area contributed by atoms with Gasteiger partial charge in [0.2, 0.25) is 0 Å². The lowest BCUT2D eigenvalue weighted by Crippen LogP contribution is -2.50. The van der Waals surface area contributed by atoms with Gasteiger partial charge in [-0.25, -0.2) is 0 Å². The number of hydrogen-bond acceptors (Lipinski definition) is 2. The predicted molar refractivity (Wildman–Crippen MR) is 72.6 cm³/mol. The first kappa shape index (κ1) is 13.9. The number of carbonyl (C=O) groups is 1. The fourth-order valence-electron chi connectivity index (χ4n) is 3.75. The minimum absolute atomic E-state index is 0.451. The summed E-state index contributed by atoms with van der Waals surface area (Å²) in [6, 6.07) is 0.548. The van der Waals surface area contributed by atoms with E-state index in [1.807, 2.05) is 0 Å². The summed E-state index contributed by atoms with van der Waals surface area (Å²) in [5, 5.41) is 9.63. The van der Waals surface area contributed by atoms with Crippen LogP contribution in [0, 0.1) is 11.3 Å². The third-order valence-corrected chi connectivity index (χ3v) is 5.05. The summed E-state index contributed by atoms with van der Waals surface area (Å²) in [5.74, 6) is 0.233. The number of piperidine rings is 1. The van der Waals surface area contributed by atoms with Crippen molar-refractivity contribution >= 4 is 5.97 Å². The molecule has 3 nitrogen and oxygen atoms in total. The molecule has 18 heavy (non-hydrogen) atoms. The zero-order valence-corrected chi connectivity index (χ0v) is 11.8. The fraction of sp³-hybridized carbons (Fsp3) is 0.933. The monoisotopic (exact) mass is 253 g/mol. The van der Waals surface area contributed by atoms with Crippen LogP contribution in [0.4, 0.5) is 0 Å². The highest BCUT2D eigenvalue weighted by atomic mass is 16.4.